The van der Waals surface area contributed by atoms with E-state index < -0.39 is 0 Å². The number of hydrogen-bond acceptors (Lipinski definition) is 4. The van der Waals surface area contributed by atoms with E-state index in [2.05, 4.69) is 52.5 Å². The van der Waals surface area contributed by atoms with Gasteiger partial charge < -0.3 is 10.6 Å². The number of benzene rings is 1. The molecule has 0 amide bonds. The van der Waals surface area contributed by atoms with Crippen LogP contribution in [-0.2, 0) is 0 Å². The highest BCUT2D eigenvalue weighted by Crippen LogP contribution is 2.39. The first-order chi connectivity index (χ1) is 9.65. The van der Waals surface area contributed by atoms with Crippen LogP contribution in [0.25, 0.3) is 0 Å². The number of halogens is 2. The van der Waals surface area contributed by atoms with Gasteiger partial charge in [-0.2, -0.15) is 0 Å². The third-order valence-corrected chi connectivity index (χ3v) is 4.32. The molecule has 6 heteroatoms. The summed E-state index contributed by atoms with van der Waals surface area (Å²) in [6.45, 7) is 0. The van der Waals surface area contributed by atoms with Gasteiger partial charge in [-0.15, -0.1) is 0 Å². The van der Waals surface area contributed by atoms with Crippen molar-refractivity contribution in [3.63, 3.8) is 0 Å². The van der Waals surface area contributed by atoms with Crippen LogP contribution in [0, 0.1) is 0 Å². The maximum absolute atomic E-state index is 4.61. The highest BCUT2D eigenvalue weighted by molar-refractivity contribution is 9.11. The molecule has 0 aliphatic heterocycles. The number of nitrogens with one attached hydrogen (secondary N) is 2. The quantitative estimate of drug-likeness (QED) is 0.787. The zero-order valence-electron chi connectivity index (χ0n) is 11.0. The van der Waals surface area contributed by atoms with Crippen molar-refractivity contribution in [3.8, 4) is 0 Å². The first-order valence-electron chi connectivity index (χ1n) is 6.44. The number of anilines is 3. The normalized spacial score (nSPS) is 14.2. The number of rotatable bonds is 4. The monoisotopic (exact) mass is 396 g/mol. The molecule has 0 spiro atoms. The molecule has 4 nitrogen and oxygen atoms in total. The van der Waals surface area contributed by atoms with Gasteiger partial charge in [0, 0.05) is 28.0 Å². The minimum absolute atomic E-state index is 0.523. The number of aromatic nitrogens is 2. The minimum Gasteiger partial charge on any atom is -0.373 e. The maximum Gasteiger partial charge on any atom is 0.136 e. The summed E-state index contributed by atoms with van der Waals surface area (Å²) >= 11 is 7.02. The molecule has 2 N–H and O–H groups in total. The lowest BCUT2D eigenvalue weighted by molar-refractivity contribution is 0.932. The molecule has 20 heavy (non-hydrogen) atoms. The van der Waals surface area contributed by atoms with Crippen molar-refractivity contribution < 1.29 is 0 Å². The van der Waals surface area contributed by atoms with E-state index in [4.69, 9.17) is 0 Å². The van der Waals surface area contributed by atoms with Gasteiger partial charge in [0.25, 0.3) is 0 Å². The Morgan fingerprint density at radius 3 is 2.55 bits per heavy atom. The van der Waals surface area contributed by atoms with Crippen molar-refractivity contribution in [2.45, 2.75) is 18.8 Å². The largest absolute Gasteiger partial charge is 0.373 e. The van der Waals surface area contributed by atoms with E-state index in [0.717, 1.165) is 32.1 Å². The fraction of sp³-hybridized carbons (Fsp3) is 0.286. The Kier molecular flexibility index (Phi) is 3.94. The molecule has 3 rings (SSSR count). The molecule has 1 aromatic heterocycles. The Balaban J connectivity index is 1.93. The van der Waals surface area contributed by atoms with Crippen LogP contribution in [0.4, 0.5) is 17.3 Å². The molecule has 1 aliphatic rings. The van der Waals surface area contributed by atoms with Gasteiger partial charge in [0.2, 0.25) is 0 Å². The Hall–Kier alpha value is -1.14. The molecule has 104 valence electrons. The van der Waals surface area contributed by atoms with Crippen molar-refractivity contribution in [1.82, 2.24) is 9.97 Å². The molecule has 0 unspecified atom stereocenters. The standard InChI is InChI=1S/C14H14Br2N4/c1-17-12-7-13(20-14(19-12)8-2-3-8)18-11-6-9(15)4-5-10(11)16/h4-8H,2-3H2,1H3,(H2,17,18,19,20). The second-order valence-electron chi connectivity index (χ2n) is 4.77. The summed E-state index contributed by atoms with van der Waals surface area (Å²) in [7, 11) is 1.87. The molecular formula is C14H14Br2N4. The lowest BCUT2D eigenvalue weighted by atomic mass is 10.3. The van der Waals surface area contributed by atoms with E-state index in [-0.39, 0.29) is 0 Å². The molecule has 0 saturated heterocycles. The summed E-state index contributed by atoms with van der Waals surface area (Å²) in [6.07, 6.45) is 2.38. The highest BCUT2D eigenvalue weighted by Gasteiger charge is 2.27. The van der Waals surface area contributed by atoms with Gasteiger partial charge in [0.15, 0.2) is 0 Å². The highest BCUT2D eigenvalue weighted by atomic mass is 79.9. The van der Waals surface area contributed by atoms with Crippen LogP contribution in [0.15, 0.2) is 33.2 Å². The fourth-order valence-corrected chi connectivity index (χ4v) is 2.62. The molecule has 1 aromatic carbocycles. The summed E-state index contributed by atoms with van der Waals surface area (Å²) in [5.41, 5.74) is 0.974. The molecule has 0 radical (unpaired) electrons. The molecule has 0 atom stereocenters. The Morgan fingerprint density at radius 2 is 1.85 bits per heavy atom. The zero-order chi connectivity index (χ0) is 14.1. The van der Waals surface area contributed by atoms with Gasteiger partial charge >= 0.3 is 0 Å². The Labute approximate surface area is 134 Å². The smallest absolute Gasteiger partial charge is 0.136 e. The lowest BCUT2D eigenvalue weighted by Gasteiger charge is -2.11. The number of hydrogen-bond donors (Lipinski definition) is 2. The Bertz CT molecular complexity index is 641. The second-order valence-corrected chi connectivity index (χ2v) is 6.54. The van der Waals surface area contributed by atoms with Crippen LogP contribution in [0.2, 0.25) is 0 Å². The van der Waals surface area contributed by atoms with Crippen LogP contribution >= 0.6 is 31.9 Å². The summed E-state index contributed by atoms with van der Waals surface area (Å²) in [6, 6.07) is 7.92. The predicted molar refractivity (Wildman–Crippen MR) is 88.7 cm³/mol. The average molecular weight is 398 g/mol. The van der Waals surface area contributed by atoms with E-state index in [1.165, 1.54) is 12.8 Å². The average Bonchev–Trinajstić information content (AvgIpc) is 3.27. The van der Waals surface area contributed by atoms with Crippen LogP contribution in [0.5, 0.6) is 0 Å². The van der Waals surface area contributed by atoms with E-state index in [1.807, 2.05) is 31.3 Å². The van der Waals surface area contributed by atoms with E-state index >= 15 is 0 Å². The van der Waals surface area contributed by atoms with E-state index in [0.29, 0.717) is 5.92 Å². The SMILES string of the molecule is CNc1cc(Nc2cc(Br)ccc2Br)nc(C2CC2)n1. The third-order valence-electron chi connectivity index (χ3n) is 3.13. The third kappa shape index (κ3) is 3.12. The molecule has 1 heterocycles. The van der Waals surface area contributed by atoms with Crippen molar-refractivity contribution in [2.75, 3.05) is 17.7 Å². The van der Waals surface area contributed by atoms with Crippen LogP contribution < -0.4 is 10.6 Å². The van der Waals surface area contributed by atoms with Crippen molar-refractivity contribution >= 4 is 49.2 Å². The molecule has 1 aliphatic carbocycles. The van der Waals surface area contributed by atoms with Gasteiger partial charge in [0.1, 0.15) is 17.5 Å². The Morgan fingerprint density at radius 1 is 1.10 bits per heavy atom. The second kappa shape index (κ2) is 5.69. The van der Waals surface area contributed by atoms with Crippen LogP contribution in [0.1, 0.15) is 24.6 Å². The maximum atomic E-state index is 4.61. The van der Waals surface area contributed by atoms with Crippen LogP contribution in [0.3, 0.4) is 0 Å². The fourth-order valence-electron chi connectivity index (χ4n) is 1.91. The van der Waals surface area contributed by atoms with E-state index in [1.54, 1.807) is 0 Å². The first-order valence-corrected chi connectivity index (χ1v) is 8.03. The zero-order valence-corrected chi connectivity index (χ0v) is 14.1. The van der Waals surface area contributed by atoms with E-state index in [9.17, 15) is 0 Å². The summed E-state index contributed by atoms with van der Waals surface area (Å²) in [5.74, 6) is 3.10. The van der Waals surface area contributed by atoms with Crippen molar-refractivity contribution in [3.05, 3.63) is 39.0 Å². The van der Waals surface area contributed by atoms with Gasteiger partial charge in [-0.3, -0.25) is 0 Å². The number of nitrogens with zero attached hydrogens (tertiary/aromatic N) is 2. The minimum atomic E-state index is 0.523. The van der Waals surface area contributed by atoms with Gasteiger partial charge in [-0.25, -0.2) is 9.97 Å². The van der Waals surface area contributed by atoms with Crippen molar-refractivity contribution in [1.29, 1.82) is 0 Å². The van der Waals surface area contributed by atoms with Gasteiger partial charge in [-0.1, -0.05) is 15.9 Å². The topological polar surface area (TPSA) is 49.8 Å². The molecule has 1 saturated carbocycles. The summed E-state index contributed by atoms with van der Waals surface area (Å²) in [5, 5.41) is 6.43. The molecule has 1 fully saturated rings. The first kappa shape index (κ1) is 13.8. The van der Waals surface area contributed by atoms with Gasteiger partial charge in [-0.05, 0) is 47.0 Å². The summed E-state index contributed by atoms with van der Waals surface area (Å²) in [4.78, 5) is 9.12. The molecule has 2 aromatic rings. The predicted octanol–water partition coefficient (Wildman–Crippen LogP) is 4.66. The van der Waals surface area contributed by atoms with Gasteiger partial charge in [0.05, 0.1) is 5.69 Å². The summed E-state index contributed by atoms with van der Waals surface area (Å²) < 4.78 is 2.02. The molecule has 0 bridgehead atoms. The van der Waals surface area contributed by atoms with Crippen LogP contribution in [-0.4, -0.2) is 17.0 Å². The lowest BCUT2D eigenvalue weighted by Crippen LogP contribution is -2.03. The van der Waals surface area contributed by atoms with Crippen molar-refractivity contribution in [2.24, 2.45) is 0 Å². The molecular weight excluding hydrogens is 384 g/mol.